The predicted molar refractivity (Wildman–Crippen MR) is 82.7 cm³/mol. The van der Waals surface area contributed by atoms with Crippen molar-refractivity contribution in [3.63, 3.8) is 0 Å². The average molecular weight is 309 g/mol. The first-order valence-electron chi connectivity index (χ1n) is 6.03. The van der Waals surface area contributed by atoms with Gasteiger partial charge in [0.15, 0.2) is 5.11 Å². The van der Waals surface area contributed by atoms with Crippen molar-refractivity contribution in [1.29, 1.82) is 0 Å². The highest BCUT2D eigenvalue weighted by Gasteiger charge is 2.03. The van der Waals surface area contributed by atoms with Crippen molar-refractivity contribution in [3.8, 4) is 0 Å². The van der Waals surface area contributed by atoms with E-state index in [1.54, 1.807) is 19.2 Å². The molecule has 0 radical (unpaired) electrons. The molecular weight excluding hydrogens is 294 g/mol. The summed E-state index contributed by atoms with van der Waals surface area (Å²) in [6.45, 7) is 0.982. The number of carbonyl (C=O) groups is 1. The number of nitrogens with zero attached hydrogens (tertiary/aromatic N) is 1. The molecule has 0 bridgehead atoms. The minimum Gasteiger partial charge on any atom is -0.383 e. The summed E-state index contributed by atoms with van der Waals surface area (Å²) in [5.74, 6) is -0.386. The van der Waals surface area contributed by atoms with Gasteiger partial charge in [0.25, 0.3) is 5.69 Å². The molecule has 0 aliphatic heterocycles. The van der Waals surface area contributed by atoms with Crippen LogP contribution in [0.3, 0.4) is 0 Å². The Morgan fingerprint density at radius 2 is 2.10 bits per heavy atom. The van der Waals surface area contributed by atoms with E-state index in [0.717, 1.165) is 0 Å². The molecule has 1 aromatic rings. The Hall–Kier alpha value is -2.32. The molecule has 2 N–H and O–H groups in total. The Balaban J connectivity index is 2.46. The molecule has 0 saturated carbocycles. The van der Waals surface area contributed by atoms with Crippen LogP contribution in [0.2, 0.25) is 0 Å². The van der Waals surface area contributed by atoms with Crippen molar-refractivity contribution >= 4 is 35.0 Å². The predicted octanol–water partition coefficient (Wildman–Crippen LogP) is 1.25. The second-order valence-electron chi connectivity index (χ2n) is 3.92. The van der Waals surface area contributed by atoms with Gasteiger partial charge in [-0.3, -0.25) is 20.2 Å². The molecule has 0 spiro atoms. The number of hydrogen-bond donors (Lipinski definition) is 2. The van der Waals surface area contributed by atoms with Crippen LogP contribution in [0.15, 0.2) is 30.3 Å². The third-order valence-corrected chi connectivity index (χ3v) is 2.61. The minimum absolute atomic E-state index is 0.000113. The number of benzene rings is 1. The summed E-state index contributed by atoms with van der Waals surface area (Å²) in [7, 11) is 1.57. The highest BCUT2D eigenvalue weighted by atomic mass is 32.1. The zero-order valence-corrected chi connectivity index (χ0v) is 12.2. The van der Waals surface area contributed by atoms with Gasteiger partial charge in [0.2, 0.25) is 5.91 Å². The van der Waals surface area contributed by atoms with Crippen LogP contribution in [0.25, 0.3) is 6.08 Å². The highest BCUT2D eigenvalue weighted by Crippen LogP contribution is 2.12. The van der Waals surface area contributed by atoms with Gasteiger partial charge in [-0.2, -0.15) is 0 Å². The summed E-state index contributed by atoms with van der Waals surface area (Å²) in [6, 6.07) is 5.84. The van der Waals surface area contributed by atoms with Crippen LogP contribution in [-0.2, 0) is 9.53 Å². The van der Waals surface area contributed by atoms with Crippen molar-refractivity contribution in [2.45, 2.75) is 0 Å². The van der Waals surface area contributed by atoms with E-state index in [0.29, 0.717) is 18.7 Å². The third-order valence-electron chi connectivity index (χ3n) is 2.36. The molecule has 0 heterocycles. The first kappa shape index (κ1) is 16.7. The fourth-order valence-corrected chi connectivity index (χ4v) is 1.55. The Kier molecular flexibility index (Phi) is 6.99. The van der Waals surface area contributed by atoms with Gasteiger partial charge in [0.05, 0.1) is 11.5 Å². The Labute approximate surface area is 127 Å². The average Bonchev–Trinajstić information content (AvgIpc) is 2.46. The number of hydrogen-bond acceptors (Lipinski definition) is 5. The Morgan fingerprint density at radius 3 is 2.67 bits per heavy atom. The second kappa shape index (κ2) is 8.77. The van der Waals surface area contributed by atoms with E-state index >= 15 is 0 Å². The molecule has 0 aliphatic rings. The van der Waals surface area contributed by atoms with Crippen molar-refractivity contribution in [1.82, 2.24) is 10.6 Å². The van der Waals surface area contributed by atoms with E-state index in [2.05, 4.69) is 10.6 Å². The maximum Gasteiger partial charge on any atom is 0.269 e. The molecule has 1 aromatic carbocycles. The van der Waals surface area contributed by atoms with Crippen LogP contribution in [0, 0.1) is 10.1 Å². The fraction of sp³-hybridized carbons (Fsp3) is 0.231. The van der Waals surface area contributed by atoms with E-state index in [1.807, 2.05) is 0 Å². The van der Waals surface area contributed by atoms with Gasteiger partial charge in [-0.15, -0.1) is 0 Å². The number of nitro benzene ring substituents is 1. The number of carbonyl (C=O) groups excluding carboxylic acids is 1. The van der Waals surface area contributed by atoms with Gasteiger partial charge in [0.1, 0.15) is 0 Å². The van der Waals surface area contributed by atoms with Crippen LogP contribution in [0.5, 0.6) is 0 Å². The van der Waals surface area contributed by atoms with Gasteiger partial charge >= 0.3 is 0 Å². The molecule has 0 saturated heterocycles. The Morgan fingerprint density at radius 1 is 1.43 bits per heavy atom. The summed E-state index contributed by atoms with van der Waals surface area (Å²) in [5, 5.41) is 16.0. The van der Waals surface area contributed by atoms with Crippen molar-refractivity contribution in [2.75, 3.05) is 20.3 Å². The lowest BCUT2D eigenvalue weighted by Gasteiger charge is -2.06. The summed E-state index contributed by atoms with van der Waals surface area (Å²) >= 11 is 4.91. The smallest absolute Gasteiger partial charge is 0.269 e. The number of rotatable bonds is 6. The number of non-ortho nitro benzene ring substituents is 1. The lowest BCUT2D eigenvalue weighted by Crippen LogP contribution is -2.39. The number of methoxy groups -OCH3 is 1. The number of amides is 1. The molecule has 112 valence electrons. The molecule has 1 rings (SSSR count). The van der Waals surface area contributed by atoms with Crippen LogP contribution in [0.4, 0.5) is 5.69 Å². The molecular formula is C13H15N3O4S. The maximum atomic E-state index is 11.6. The monoisotopic (exact) mass is 309 g/mol. The quantitative estimate of drug-likeness (QED) is 0.270. The summed E-state index contributed by atoms with van der Waals surface area (Å²) in [4.78, 5) is 21.6. The lowest BCUT2D eigenvalue weighted by molar-refractivity contribution is -0.384. The molecule has 7 nitrogen and oxygen atoms in total. The largest absolute Gasteiger partial charge is 0.383 e. The van der Waals surface area contributed by atoms with E-state index in [4.69, 9.17) is 17.0 Å². The molecule has 21 heavy (non-hydrogen) atoms. The normalized spacial score (nSPS) is 10.3. The van der Waals surface area contributed by atoms with Crippen molar-refractivity contribution in [3.05, 3.63) is 46.0 Å². The van der Waals surface area contributed by atoms with Crippen LogP contribution >= 0.6 is 12.2 Å². The highest BCUT2D eigenvalue weighted by molar-refractivity contribution is 7.80. The maximum absolute atomic E-state index is 11.6. The van der Waals surface area contributed by atoms with Gasteiger partial charge in [-0.25, -0.2) is 0 Å². The number of ether oxygens (including phenoxy) is 1. The van der Waals surface area contributed by atoms with E-state index in [-0.39, 0.29) is 16.7 Å². The number of nitrogens with one attached hydrogen (secondary N) is 2. The minimum atomic E-state index is -0.482. The van der Waals surface area contributed by atoms with Crippen molar-refractivity contribution in [2.24, 2.45) is 0 Å². The topological polar surface area (TPSA) is 93.5 Å². The molecule has 0 atom stereocenters. The van der Waals surface area contributed by atoms with Gasteiger partial charge in [-0.05, 0) is 36.0 Å². The Bertz CT molecular complexity index is 543. The summed E-state index contributed by atoms with van der Waals surface area (Å²) < 4.78 is 4.83. The molecule has 0 fully saturated rings. The third kappa shape index (κ3) is 6.59. The fourth-order valence-electron chi connectivity index (χ4n) is 1.34. The second-order valence-corrected chi connectivity index (χ2v) is 4.33. The standard InChI is InChI=1S/C13H15N3O4S/c1-20-9-8-14-13(21)15-12(17)7-4-10-2-5-11(6-3-10)16(18)19/h2-7H,8-9H2,1H3,(H2,14,15,17,21)/b7-4+. The van der Waals surface area contributed by atoms with E-state index in [9.17, 15) is 14.9 Å². The van der Waals surface area contributed by atoms with Gasteiger partial charge in [0, 0.05) is 31.9 Å². The molecule has 0 aliphatic carbocycles. The van der Waals surface area contributed by atoms with E-state index < -0.39 is 4.92 Å². The molecule has 1 amide bonds. The zero-order chi connectivity index (χ0) is 15.7. The summed E-state index contributed by atoms with van der Waals surface area (Å²) in [6.07, 6.45) is 2.84. The van der Waals surface area contributed by atoms with Crippen LogP contribution in [-0.4, -0.2) is 36.2 Å². The van der Waals surface area contributed by atoms with Crippen LogP contribution < -0.4 is 10.6 Å². The zero-order valence-electron chi connectivity index (χ0n) is 11.4. The number of nitro groups is 1. The first-order valence-corrected chi connectivity index (χ1v) is 6.44. The van der Waals surface area contributed by atoms with Crippen molar-refractivity contribution < 1.29 is 14.5 Å². The molecule has 8 heteroatoms. The molecule has 0 unspecified atom stereocenters. The van der Waals surface area contributed by atoms with Gasteiger partial charge < -0.3 is 10.1 Å². The molecule has 0 aromatic heterocycles. The summed E-state index contributed by atoms with van der Waals surface area (Å²) in [5.41, 5.74) is 0.675. The van der Waals surface area contributed by atoms with E-state index in [1.165, 1.54) is 24.3 Å². The number of thiocarbonyl (C=S) groups is 1. The van der Waals surface area contributed by atoms with Crippen LogP contribution in [0.1, 0.15) is 5.56 Å². The van der Waals surface area contributed by atoms with Gasteiger partial charge in [-0.1, -0.05) is 0 Å². The first-order chi connectivity index (χ1) is 10.0. The SMILES string of the molecule is COCCNC(=S)NC(=O)/C=C/c1ccc([N+](=O)[O-])cc1. The lowest BCUT2D eigenvalue weighted by atomic mass is 10.2.